The van der Waals surface area contributed by atoms with Gasteiger partial charge in [0.05, 0.1) is 18.9 Å². The minimum Gasteiger partial charge on any atom is -0.376 e. The Morgan fingerprint density at radius 3 is 2.50 bits per heavy atom. The van der Waals surface area contributed by atoms with E-state index >= 15 is 0 Å². The molecule has 1 saturated heterocycles. The molecule has 2 N–H and O–H groups in total. The van der Waals surface area contributed by atoms with Crippen LogP contribution in [0.5, 0.6) is 0 Å². The van der Waals surface area contributed by atoms with Crippen molar-refractivity contribution in [2.45, 2.75) is 37.5 Å². The van der Waals surface area contributed by atoms with E-state index in [-0.39, 0.29) is 29.9 Å². The quantitative estimate of drug-likeness (QED) is 0.369. The zero-order valence-corrected chi connectivity index (χ0v) is 17.1. The first kappa shape index (κ1) is 23.7. The molecule has 2 aliphatic heterocycles. The highest BCUT2D eigenvalue weighted by Crippen LogP contribution is 2.36. The van der Waals surface area contributed by atoms with Gasteiger partial charge in [0.1, 0.15) is 11.4 Å². The fraction of sp³-hybridized carbons (Fsp3) is 0.400. The van der Waals surface area contributed by atoms with E-state index in [2.05, 4.69) is 15.0 Å². The second kappa shape index (κ2) is 8.42. The van der Waals surface area contributed by atoms with Crippen LogP contribution in [0.15, 0.2) is 18.3 Å². The first-order valence-electron chi connectivity index (χ1n) is 9.93. The van der Waals surface area contributed by atoms with Crippen molar-refractivity contribution in [1.82, 2.24) is 14.9 Å². The molecule has 34 heavy (non-hydrogen) atoms. The third-order valence-electron chi connectivity index (χ3n) is 5.65. The van der Waals surface area contributed by atoms with Gasteiger partial charge in [-0.25, -0.2) is 13.2 Å². The molecule has 0 aliphatic carbocycles. The van der Waals surface area contributed by atoms with Crippen LogP contribution in [0.1, 0.15) is 45.1 Å². The number of hydrogen-bond acceptors (Lipinski definition) is 5. The van der Waals surface area contributed by atoms with Crippen LogP contribution in [0.25, 0.3) is 0 Å². The summed E-state index contributed by atoms with van der Waals surface area (Å²) in [6, 6.07) is 1.97. The minimum absolute atomic E-state index is 0.184. The van der Waals surface area contributed by atoms with Crippen molar-refractivity contribution >= 4 is 23.3 Å². The molecule has 8 nitrogen and oxygen atoms in total. The summed E-state index contributed by atoms with van der Waals surface area (Å²) in [7, 11) is 0. The Morgan fingerprint density at radius 2 is 1.91 bits per heavy atom. The first-order chi connectivity index (χ1) is 15.9. The highest BCUT2D eigenvalue weighted by atomic mass is 19.4. The molecule has 0 aromatic carbocycles. The van der Waals surface area contributed by atoms with E-state index in [1.807, 2.05) is 0 Å². The normalized spacial score (nSPS) is 16.7. The van der Waals surface area contributed by atoms with E-state index in [4.69, 9.17) is 0 Å². The van der Waals surface area contributed by atoms with Gasteiger partial charge in [0.25, 0.3) is 24.0 Å². The Hall–Kier alpha value is -3.42. The molecule has 182 valence electrons. The molecule has 1 fully saturated rings. The van der Waals surface area contributed by atoms with Gasteiger partial charge in [0, 0.05) is 24.0 Å². The Kier molecular flexibility index (Phi) is 5.87. The number of fused-ring (bicyclic) bond motifs is 1. The van der Waals surface area contributed by atoms with Crippen LogP contribution in [-0.2, 0) is 22.5 Å². The number of pyridine rings is 1. The van der Waals surface area contributed by atoms with E-state index in [0.29, 0.717) is 6.42 Å². The number of carbonyl (C=O) groups is 3. The Bertz CT molecular complexity index is 1170. The highest BCUT2D eigenvalue weighted by molar-refractivity contribution is 6.43. The third kappa shape index (κ3) is 3.91. The molecule has 0 unspecified atom stereocenters. The van der Waals surface area contributed by atoms with Crippen LogP contribution in [-0.4, -0.2) is 52.1 Å². The number of ketones is 1. The maximum Gasteiger partial charge on any atom is 0.416 e. The van der Waals surface area contributed by atoms with E-state index in [1.165, 1.54) is 4.57 Å². The lowest BCUT2D eigenvalue weighted by Crippen LogP contribution is -2.71. The smallest absolute Gasteiger partial charge is 0.376 e. The Morgan fingerprint density at radius 1 is 1.21 bits per heavy atom. The number of amides is 2. The molecule has 2 aliphatic rings. The number of nitrogens with zero attached hydrogens (tertiary/aromatic N) is 2. The minimum atomic E-state index is -4.85. The maximum absolute atomic E-state index is 14.2. The largest absolute Gasteiger partial charge is 0.416 e. The van der Waals surface area contributed by atoms with Crippen LogP contribution in [0.2, 0.25) is 0 Å². The van der Waals surface area contributed by atoms with E-state index in [1.54, 1.807) is 5.32 Å². The fourth-order valence-corrected chi connectivity index (χ4v) is 3.81. The second-order valence-corrected chi connectivity index (χ2v) is 7.81. The number of carbonyl (C=O) groups excluding carboxylic acids is 3. The molecule has 2 amide bonds. The predicted molar refractivity (Wildman–Crippen MR) is 102 cm³/mol. The number of anilines is 1. The molecule has 0 radical (unpaired) electrons. The lowest BCUT2D eigenvalue weighted by Gasteiger charge is -2.42. The summed E-state index contributed by atoms with van der Waals surface area (Å²) in [5.41, 5.74) is -4.63. The van der Waals surface area contributed by atoms with Crippen LogP contribution >= 0.6 is 0 Å². The van der Waals surface area contributed by atoms with E-state index in [9.17, 15) is 40.7 Å². The Balaban J connectivity index is 1.59. The van der Waals surface area contributed by atoms with Crippen molar-refractivity contribution in [3.8, 4) is 0 Å². The maximum atomic E-state index is 14.2. The summed E-state index contributed by atoms with van der Waals surface area (Å²) in [6.45, 7) is -1.43. The lowest BCUT2D eigenvalue weighted by atomic mass is 9.95. The van der Waals surface area contributed by atoms with Gasteiger partial charge in [-0.3, -0.25) is 19.4 Å². The number of aromatic nitrogens is 2. The average molecular weight is 490 g/mol. The van der Waals surface area contributed by atoms with Gasteiger partial charge >= 0.3 is 6.18 Å². The van der Waals surface area contributed by atoms with Crippen molar-refractivity contribution in [3.63, 3.8) is 0 Å². The zero-order chi connectivity index (χ0) is 24.8. The van der Waals surface area contributed by atoms with E-state index in [0.717, 1.165) is 18.3 Å². The lowest BCUT2D eigenvalue weighted by molar-refractivity contribution is -0.265. The molecule has 0 atom stereocenters. The summed E-state index contributed by atoms with van der Waals surface area (Å²) in [4.78, 5) is 41.0. The zero-order valence-electron chi connectivity index (χ0n) is 17.1. The van der Waals surface area contributed by atoms with Crippen molar-refractivity contribution in [1.29, 1.82) is 0 Å². The summed E-state index contributed by atoms with van der Waals surface area (Å²) < 4.78 is 85.7. The summed E-state index contributed by atoms with van der Waals surface area (Å²) in [6.07, 6.45) is -6.46. The van der Waals surface area contributed by atoms with Crippen LogP contribution in [0.4, 0.5) is 32.0 Å². The summed E-state index contributed by atoms with van der Waals surface area (Å²) >= 11 is 0. The summed E-state index contributed by atoms with van der Waals surface area (Å²) in [5, 5.41) is 3.81. The predicted octanol–water partition coefficient (Wildman–Crippen LogP) is 2.79. The molecule has 0 bridgehead atoms. The van der Waals surface area contributed by atoms with Crippen molar-refractivity contribution in [2.24, 2.45) is 0 Å². The molecule has 0 spiro atoms. The molecule has 0 saturated carbocycles. The number of rotatable bonds is 6. The van der Waals surface area contributed by atoms with Gasteiger partial charge in [-0.05, 0) is 25.0 Å². The molecule has 4 rings (SSSR count). The molecule has 4 heterocycles. The highest BCUT2D eigenvalue weighted by Gasteiger charge is 2.61. The van der Waals surface area contributed by atoms with Gasteiger partial charge in [-0.1, -0.05) is 0 Å². The molecule has 2 aromatic heterocycles. The van der Waals surface area contributed by atoms with Crippen molar-refractivity contribution in [2.75, 3.05) is 18.5 Å². The third-order valence-corrected chi connectivity index (χ3v) is 5.65. The SMILES string of the molecule is O=C(NC1(C(F)(F)F)COC1)C(=O)c1cc(C(=O)Nc2ccnc(C(F)F)c2F)n2c1CCC2. The standard InChI is InChI=1S/C20H16F6N4O4/c21-13-10(3-4-27-14(13)16(22)23)28-17(32)12-6-9(11-2-1-5-30(11)12)15(31)18(33)29-19(7-34-8-19)20(24,25)26/h3-4,6,16H,1-2,5,7-8H2,(H,29,33)(H,27,28,32). The average Bonchev–Trinajstić information content (AvgIpc) is 3.33. The molecular formula is C20H16F6N4O4. The number of alkyl halides is 5. The van der Waals surface area contributed by atoms with Gasteiger partial charge in [-0.2, -0.15) is 13.2 Å². The number of Topliss-reactive ketones (excluding diaryl/α,β-unsaturated/α-hetero) is 1. The molecule has 2 aromatic rings. The van der Waals surface area contributed by atoms with Gasteiger partial charge in [-0.15, -0.1) is 0 Å². The number of hydrogen-bond donors (Lipinski definition) is 2. The summed E-state index contributed by atoms with van der Waals surface area (Å²) in [5.74, 6) is -5.20. The second-order valence-electron chi connectivity index (χ2n) is 7.81. The van der Waals surface area contributed by atoms with Crippen LogP contribution < -0.4 is 10.6 Å². The fourth-order valence-electron chi connectivity index (χ4n) is 3.81. The van der Waals surface area contributed by atoms with Gasteiger partial charge < -0.3 is 19.9 Å². The van der Waals surface area contributed by atoms with E-state index < -0.39 is 66.2 Å². The molecular weight excluding hydrogens is 474 g/mol. The topological polar surface area (TPSA) is 102 Å². The van der Waals surface area contributed by atoms with Gasteiger partial charge in [0.15, 0.2) is 11.4 Å². The Labute approximate surface area is 187 Å². The van der Waals surface area contributed by atoms with Crippen LogP contribution in [0, 0.1) is 5.82 Å². The van der Waals surface area contributed by atoms with Crippen LogP contribution in [0.3, 0.4) is 0 Å². The molecule has 14 heteroatoms. The van der Waals surface area contributed by atoms with Crippen molar-refractivity contribution in [3.05, 3.63) is 46.8 Å². The number of ether oxygens (including phenoxy) is 1. The number of nitrogens with one attached hydrogen (secondary N) is 2. The first-order valence-corrected chi connectivity index (χ1v) is 9.93. The van der Waals surface area contributed by atoms with Crippen molar-refractivity contribution < 1.29 is 45.5 Å². The number of halogens is 6. The van der Waals surface area contributed by atoms with Gasteiger partial charge in [0.2, 0.25) is 0 Å². The monoisotopic (exact) mass is 490 g/mol.